The number of rotatable bonds is 6. The molecule has 1 atom stereocenters. The van der Waals surface area contributed by atoms with Gasteiger partial charge in [-0.2, -0.15) is 13.2 Å². The maximum atomic E-state index is 12.3. The number of alkyl halides is 3. The van der Waals surface area contributed by atoms with Gasteiger partial charge in [-0.05, 0) is 31.0 Å². The average Bonchev–Trinajstić information content (AvgIpc) is 2.33. The molecule has 0 saturated heterocycles. The lowest BCUT2D eigenvalue weighted by Crippen LogP contribution is -2.26. The normalized spacial score (nSPS) is 13.3. The number of aliphatic carboxylic acids is 1. The van der Waals surface area contributed by atoms with E-state index in [4.69, 9.17) is 5.11 Å². The number of carbonyl (C=O) groups is 1. The summed E-state index contributed by atoms with van der Waals surface area (Å²) in [6.45, 7) is 2.26. The molecule has 1 aromatic carbocycles. The van der Waals surface area contributed by atoms with E-state index in [1.165, 1.54) is 12.1 Å². The molecule has 0 heterocycles. The summed E-state index contributed by atoms with van der Waals surface area (Å²) in [5.41, 5.74) is 0.0605. The molecule has 106 valence electrons. The Morgan fingerprint density at radius 2 is 1.89 bits per heavy atom. The van der Waals surface area contributed by atoms with Crippen molar-refractivity contribution in [3.05, 3.63) is 35.4 Å². The monoisotopic (exact) mass is 275 g/mol. The molecule has 0 radical (unpaired) electrons. The number of hydrogen-bond donors (Lipinski definition) is 2. The van der Waals surface area contributed by atoms with Crippen LogP contribution in [0.25, 0.3) is 0 Å². The van der Waals surface area contributed by atoms with Crippen LogP contribution in [0, 0.1) is 0 Å². The highest BCUT2D eigenvalue weighted by atomic mass is 19.4. The van der Waals surface area contributed by atoms with Gasteiger partial charge in [-0.25, -0.2) is 0 Å². The van der Waals surface area contributed by atoms with E-state index in [-0.39, 0.29) is 12.5 Å². The van der Waals surface area contributed by atoms with Crippen LogP contribution in [0.4, 0.5) is 13.2 Å². The van der Waals surface area contributed by atoms with E-state index in [0.29, 0.717) is 13.0 Å². The minimum absolute atomic E-state index is 0.00149. The highest BCUT2D eigenvalue weighted by molar-refractivity contribution is 5.66. The SMILES string of the molecule is CC(CCC(=O)O)NCc1ccc(C(F)(F)F)cc1. The summed E-state index contributed by atoms with van der Waals surface area (Å²) in [6, 6.07) is 4.91. The van der Waals surface area contributed by atoms with Crippen molar-refractivity contribution in [2.45, 2.75) is 38.5 Å². The Labute approximate surface area is 109 Å². The smallest absolute Gasteiger partial charge is 0.416 e. The zero-order valence-electron chi connectivity index (χ0n) is 10.5. The van der Waals surface area contributed by atoms with Gasteiger partial charge in [-0.1, -0.05) is 12.1 Å². The second-order valence-corrected chi connectivity index (χ2v) is 4.41. The van der Waals surface area contributed by atoms with Crippen molar-refractivity contribution in [2.75, 3.05) is 0 Å². The van der Waals surface area contributed by atoms with Crippen molar-refractivity contribution >= 4 is 5.97 Å². The fourth-order valence-corrected chi connectivity index (χ4v) is 1.55. The fraction of sp³-hybridized carbons (Fsp3) is 0.462. The molecule has 0 spiro atoms. The summed E-state index contributed by atoms with van der Waals surface area (Å²) in [6.07, 6.45) is -3.77. The van der Waals surface area contributed by atoms with Crippen LogP contribution < -0.4 is 5.32 Å². The molecule has 0 fully saturated rings. The number of carboxylic acids is 1. The van der Waals surface area contributed by atoms with Crippen LogP contribution in [0.3, 0.4) is 0 Å². The van der Waals surface area contributed by atoms with Crippen molar-refractivity contribution in [1.29, 1.82) is 0 Å². The Morgan fingerprint density at radius 3 is 2.37 bits per heavy atom. The lowest BCUT2D eigenvalue weighted by molar-refractivity contribution is -0.138. The zero-order valence-corrected chi connectivity index (χ0v) is 10.5. The van der Waals surface area contributed by atoms with Crippen LogP contribution in [-0.2, 0) is 17.5 Å². The molecule has 3 nitrogen and oxygen atoms in total. The van der Waals surface area contributed by atoms with Gasteiger partial charge in [0, 0.05) is 19.0 Å². The molecule has 0 aromatic heterocycles. The first kappa shape index (κ1) is 15.5. The molecule has 1 rings (SSSR count). The Balaban J connectivity index is 2.44. The molecule has 0 saturated carbocycles. The van der Waals surface area contributed by atoms with Gasteiger partial charge < -0.3 is 10.4 Å². The Morgan fingerprint density at radius 1 is 1.32 bits per heavy atom. The summed E-state index contributed by atoms with van der Waals surface area (Å²) < 4.78 is 37.0. The maximum absolute atomic E-state index is 12.3. The minimum atomic E-state index is -4.32. The third-order valence-electron chi connectivity index (χ3n) is 2.73. The number of halogens is 3. The average molecular weight is 275 g/mol. The molecular formula is C13H16F3NO2. The Hall–Kier alpha value is -1.56. The zero-order chi connectivity index (χ0) is 14.5. The van der Waals surface area contributed by atoms with Crippen molar-refractivity contribution in [3.63, 3.8) is 0 Å². The van der Waals surface area contributed by atoms with Gasteiger partial charge in [0.15, 0.2) is 0 Å². The minimum Gasteiger partial charge on any atom is -0.481 e. The van der Waals surface area contributed by atoms with Crippen LogP contribution in [-0.4, -0.2) is 17.1 Å². The topological polar surface area (TPSA) is 49.3 Å². The summed E-state index contributed by atoms with van der Waals surface area (Å²) in [5, 5.41) is 11.6. The molecule has 19 heavy (non-hydrogen) atoms. The van der Waals surface area contributed by atoms with E-state index in [1.54, 1.807) is 0 Å². The van der Waals surface area contributed by atoms with Crippen LogP contribution in [0.2, 0.25) is 0 Å². The van der Waals surface area contributed by atoms with Gasteiger partial charge in [-0.3, -0.25) is 4.79 Å². The van der Waals surface area contributed by atoms with Crippen LogP contribution in [0.5, 0.6) is 0 Å². The van der Waals surface area contributed by atoms with Gasteiger partial charge in [0.25, 0.3) is 0 Å². The van der Waals surface area contributed by atoms with Crippen LogP contribution in [0.1, 0.15) is 30.9 Å². The molecule has 2 N–H and O–H groups in total. The van der Waals surface area contributed by atoms with E-state index in [2.05, 4.69) is 5.32 Å². The summed E-state index contributed by atoms with van der Waals surface area (Å²) in [5.74, 6) is -0.858. The second-order valence-electron chi connectivity index (χ2n) is 4.41. The van der Waals surface area contributed by atoms with Crippen LogP contribution >= 0.6 is 0 Å². The third kappa shape index (κ3) is 5.74. The van der Waals surface area contributed by atoms with Gasteiger partial charge in [0.05, 0.1) is 5.56 Å². The lowest BCUT2D eigenvalue weighted by atomic mass is 10.1. The maximum Gasteiger partial charge on any atom is 0.416 e. The van der Waals surface area contributed by atoms with Gasteiger partial charge in [0.2, 0.25) is 0 Å². The van der Waals surface area contributed by atoms with E-state index < -0.39 is 17.7 Å². The van der Waals surface area contributed by atoms with Crippen molar-refractivity contribution in [2.24, 2.45) is 0 Å². The third-order valence-corrected chi connectivity index (χ3v) is 2.73. The second kappa shape index (κ2) is 6.56. The van der Waals surface area contributed by atoms with E-state index >= 15 is 0 Å². The molecule has 0 aliphatic heterocycles. The van der Waals surface area contributed by atoms with Gasteiger partial charge in [-0.15, -0.1) is 0 Å². The number of nitrogens with one attached hydrogen (secondary N) is 1. The quantitative estimate of drug-likeness (QED) is 0.839. The van der Waals surface area contributed by atoms with Crippen LogP contribution in [0.15, 0.2) is 24.3 Å². The molecule has 0 aliphatic rings. The van der Waals surface area contributed by atoms with Crippen molar-refractivity contribution in [1.82, 2.24) is 5.32 Å². The Kier molecular flexibility index (Phi) is 5.35. The number of carboxylic acid groups (broad SMARTS) is 1. The predicted octanol–water partition coefficient (Wildman–Crippen LogP) is 3.05. The summed E-state index contributed by atoms with van der Waals surface area (Å²) in [4.78, 5) is 10.4. The van der Waals surface area contributed by atoms with E-state index in [0.717, 1.165) is 17.7 Å². The molecule has 0 aliphatic carbocycles. The summed E-state index contributed by atoms with van der Waals surface area (Å²) in [7, 11) is 0. The standard InChI is InChI=1S/C13H16F3NO2/c1-9(2-7-12(18)19)17-8-10-3-5-11(6-4-10)13(14,15)16/h3-6,9,17H,2,7-8H2,1H3,(H,18,19). The fourth-order valence-electron chi connectivity index (χ4n) is 1.55. The number of benzene rings is 1. The first-order valence-electron chi connectivity index (χ1n) is 5.90. The molecule has 6 heteroatoms. The molecule has 1 unspecified atom stereocenters. The predicted molar refractivity (Wildman–Crippen MR) is 64.6 cm³/mol. The van der Waals surface area contributed by atoms with E-state index in [9.17, 15) is 18.0 Å². The largest absolute Gasteiger partial charge is 0.481 e. The summed E-state index contributed by atoms with van der Waals surface area (Å²) >= 11 is 0. The molecular weight excluding hydrogens is 259 g/mol. The van der Waals surface area contributed by atoms with Crippen molar-refractivity contribution in [3.8, 4) is 0 Å². The Bertz CT molecular complexity index is 415. The van der Waals surface area contributed by atoms with Gasteiger partial charge in [0.1, 0.15) is 0 Å². The lowest BCUT2D eigenvalue weighted by Gasteiger charge is -2.13. The van der Waals surface area contributed by atoms with Gasteiger partial charge >= 0.3 is 12.1 Å². The van der Waals surface area contributed by atoms with Crippen molar-refractivity contribution < 1.29 is 23.1 Å². The number of hydrogen-bond acceptors (Lipinski definition) is 2. The highest BCUT2D eigenvalue weighted by Gasteiger charge is 2.29. The molecule has 0 bridgehead atoms. The molecule has 0 amide bonds. The van der Waals surface area contributed by atoms with E-state index in [1.807, 2.05) is 6.92 Å². The first-order chi connectivity index (χ1) is 8.79. The molecule has 1 aromatic rings. The highest BCUT2D eigenvalue weighted by Crippen LogP contribution is 2.29. The first-order valence-corrected chi connectivity index (χ1v) is 5.90.